The summed E-state index contributed by atoms with van der Waals surface area (Å²) in [4.78, 5) is 4.59. The zero-order chi connectivity index (χ0) is 33.4. The molecule has 0 radical (unpaired) electrons. The number of piperidine rings is 2. The molecule has 5 N–H and O–H groups in total. The van der Waals surface area contributed by atoms with E-state index in [2.05, 4.69) is 36.0 Å². The van der Waals surface area contributed by atoms with Gasteiger partial charge in [-0.2, -0.15) is 0 Å². The maximum Gasteiger partial charge on any atom is 0.137 e. The van der Waals surface area contributed by atoms with Gasteiger partial charge in [-0.3, -0.25) is 0 Å². The van der Waals surface area contributed by atoms with E-state index in [1.54, 1.807) is 0 Å². The van der Waals surface area contributed by atoms with Crippen LogP contribution >= 0.6 is 0 Å². The standard InChI is InChI=1S/C20H27NO4.C18H23NO4.2CH4/c1-3-24-14-6-7-20(23)15-10-12-4-5-13(11-22)17-16(12)19(20,18(14)25-17)8-9-21(15)2;1-19-7-6-17-14-10-2-3-11(9-20)15(14)23-16(17)12(21)4-5-18(17,22)13(19)8-10;;/h4-5,14-15,18,22-23H,3,6-11H2,1-2H3;2-3,12-13,16,20-22H,4-9H2,1H3;2*1H4/t14-,15?,18-,19-,20+;12-,13?,16-,17-,18+;;/m00../s1. The highest BCUT2D eigenvalue weighted by Crippen LogP contribution is 2.66. The number of aliphatic hydroxyl groups excluding tert-OH is 3. The van der Waals surface area contributed by atoms with Crippen molar-refractivity contribution in [2.45, 2.75) is 145 Å². The van der Waals surface area contributed by atoms with Gasteiger partial charge in [0.15, 0.2) is 0 Å². The fourth-order valence-corrected chi connectivity index (χ4v) is 12.2. The minimum Gasteiger partial charge on any atom is -0.486 e. The molecule has 10 nitrogen and oxygen atoms in total. The Hall–Kier alpha value is -2.28. The summed E-state index contributed by atoms with van der Waals surface area (Å²) in [5.41, 5.74) is 3.72. The maximum absolute atomic E-state index is 12.0. The summed E-state index contributed by atoms with van der Waals surface area (Å²) in [7, 11) is 4.21. The van der Waals surface area contributed by atoms with Crippen LogP contribution in [0, 0.1) is 0 Å². The monoisotopic (exact) mass is 694 g/mol. The number of aliphatic hydroxyl groups is 5. The molecular formula is C40H58N2O8. The molecule has 4 fully saturated rings. The van der Waals surface area contributed by atoms with Gasteiger partial charge in [-0.05, 0) is 96.6 Å². The fourth-order valence-electron chi connectivity index (χ4n) is 12.2. The van der Waals surface area contributed by atoms with Crippen LogP contribution in [0.2, 0.25) is 0 Å². The van der Waals surface area contributed by atoms with Crippen LogP contribution in [0.4, 0.5) is 0 Å². The number of hydrogen-bond donors (Lipinski definition) is 5. The van der Waals surface area contributed by atoms with E-state index in [0.29, 0.717) is 19.4 Å². The van der Waals surface area contributed by atoms with Gasteiger partial charge >= 0.3 is 0 Å². The molecule has 2 aromatic rings. The number of likely N-dealkylation sites (N-methyl/N-ethyl adjacent to an activating group) is 2. The van der Waals surface area contributed by atoms with E-state index in [-0.39, 0.29) is 52.4 Å². The number of ether oxygens (including phenoxy) is 3. The highest BCUT2D eigenvalue weighted by atomic mass is 16.5. The Morgan fingerprint density at radius 3 is 1.72 bits per heavy atom. The van der Waals surface area contributed by atoms with E-state index >= 15 is 0 Å². The van der Waals surface area contributed by atoms with E-state index < -0.39 is 34.2 Å². The van der Waals surface area contributed by atoms with Crippen molar-refractivity contribution in [1.29, 1.82) is 0 Å². The lowest BCUT2D eigenvalue weighted by molar-refractivity contribution is -0.211. The molecule has 4 aliphatic carbocycles. The number of nitrogens with zero attached hydrogens (tertiary/aromatic N) is 2. The van der Waals surface area contributed by atoms with E-state index in [4.69, 9.17) is 14.2 Å². The topological polar surface area (TPSA) is 135 Å². The number of hydrogen-bond acceptors (Lipinski definition) is 10. The molecule has 50 heavy (non-hydrogen) atoms. The van der Waals surface area contributed by atoms with E-state index in [1.807, 2.05) is 19.1 Å². The lowest BCUT2D eigenvalue weighted by Gasteiger charge is -2.63. The van der Waals surface area contributed by atoms with Gasteiger partial charge in [0.1, 0.15) is 23.7 Å². The number of likely N-dealkylation sites (tertiary alicyclic amines) is 2. The molecule has 10 rings (SSSR count). The van der Waals surface area contributed by atoms with Gasteiger partial charge in [0.05, 0.1) is 47.5 Å². The van der Waals surface area contributed by atoms with Crippen LogP contribution in [0.3, 0.4) is 0 Å². The molecule has 4 aliphatic heterocycles. The molecule has 10 heteroatoms. The fraction of sp³-hybridized carbons (Fsp3) is 0.700. The van der Waals surface area contributed by atoms with Crippen molar-refractivity contribution in [1.82, 2.24) is 9.80 Å². The predicted molar refractivity (Wildman–Crippen MR) is 190 cm³/mol. The van der Waals surface area contributed by atoms with Crippen molar-refractivity contribution >= 4 is 0 Å². The molecule has 2 aromatic carbocycles. The molecule has 2 spiro atoms. The first-order valence-electron chi connectivity index (χ1n) is 18.1. The lowest BCUT2D eigenvalue weighted by Crippen LogP contribution is -2.76. The van der Waals surface area contributed by atoms with Crippen LogP contribution in [-0.2, 0) is 41.6 Å². The van der Waals surface area contributed by atoms with Gasteiger partial charge < -0.3 is 49.5 Å². The summed E-state index contributed by atoms with van der Waals surface area (Å²) >= 11 is 0. The Labute approximate surface area is 297 Å². The van der Waals surface area contributed by atoms with Crippen molar-refractivity contribution in [2.24, 2.45) is 0 Å². The van der Waals surface area contributed by atoms with E-state index in [1.165, 1.54) is 16.7 Å². The number of rotatable bonds is 4. The van der Waals surface area contributed by atoms with Crippen LogP contribution in [0.5, 0.6) is 11.5 Å². The summed E-state index contributed by atoms with van der Waals surface area (Å²) in [6.07, 6.45) is 4.90. The van der Waals surface area contributed by atoms with Crippen LogP contribution in [-0.4, -0.2) is 117 Å². The quantitative estimate of drug-likeness (QED) is 0.325. The predicted octanol–water partition coefficient (Wildman–Crippen LogP) is 2.96. The molecule has 2 saturated heterocycles. The van der Waals surface area contributed by atoms with Crippen molar-refractivity contribution < 1.29 is 39.7 Å². The van der Waals surface area contributed by atoms with Gasteiger partial charge in [-0.1, -0.05) is 39.1 Å². The molecular weight excluding hydrogens is 636 g/mol. The first-order chi connectivity index (χ1) is 23.1. The normalized spacial score (nSPS) is 40.9. The summed E-state index contributed by atoms with van der Waals surface area (Å²) in [5, 5.41) is 53.9. The van der Waals surface area contributed by atoms with Crippen molar-refractivity contribution in [2.75, 3.05) is 33.8 Å². The third kappa shape index (κ3) is 4.13. The van der Waals surface area contributed by atoms with E-state index in [0.717, 1.165) is 79.8 Å². The first-order valence-corrected chi connectivity index (χ1v) is 18.1. The smallest absolute Gasteiger partial charge is 0.137 e. The third-order valence-corrected chi connectivity index (χ3v) is 14.3. The molecule has 2 saturated carbocycles. The zero-order valence-corrected chi connectivity index (χ0v) is 28.3. The van der Waals surface area contributed by atoms with Gasteiger partial charge in [-0.15, -0.1) is 0 Å². The van der Waals surface area contributed by atoms with Crippen LogP contribution in [0.15, 0.2) is 24.3 Å². The first kappa shape index (κ1) is 36.1. The molecule has 0 aromatic heterocycles. The summed E-state index contributed by atoms with van der Waals surface area (Å²) in [6, 6.07) is 8.30. The Balaban J connectivity index is 0.000000151. The summed E-state index contributed by atoms with van der Waals surface area (Å²) in [6.45, 7) is 4.40. The molecule has 2 unspecified atom stereocenters. The summed E-state index contributed by atoms with van der Waals surface area (Å²) < 4.78 is 18.8. The zero-order valence-electron chi connectivity index (χ0n) is 28.3. The van der Waals surface area contributed by atoms with Gasteiger partial charge in [0, 0.05) is 40.9 Å². The van der Waals surface area contributed by atoms with Crippen molar-refractivity contribution in [3.05, 3.63) is 57.6 Å². The Morgan fingerprint density at radius 1 is 0.740 bits per heavy atom. The van der Waals surface area contributed by atoms with Gasteiger partial charge in [0.25, 0.3) is 0 Å². The van der Waals surface area contributed by atoms with Crippen LogP contribution < -0.4 is 9.47 Å². The Morgan fingerprint density at radius 2 is 1.22 bits per heavy atom. The Kier molecular flexibility index (Phi) is 8.76. The summed E-state index contributed by atoms with van der Waals surface area (Å²) in [5.74, 6) is 1.54. The molecule has 4 heterocycles. The minimum absolute atomic E-state index is 0. The molecule has 8 aliphatic rings. The highest BCUT2D eigenvalue weighted by molar-refractivity contribution is 5.62. The molecule has 276 valence electrons. The minimum atomic E-state index is -0.865. The average Bonchev–Trinajstić information content (AvgIpc) is 3.62. The second kappa shape index (κ2) is 12.1. The second-order valence-corrected chi connectivity index (χ2v) is 15.9. The highest BCUT2D eigenvalue weighted by Gasteiger charge is 2.74. The largest absolute Gasteiger partial charge is 0.486 e. The maximum atomic E-state index is 12.0. The third-order valence-electron chi connectivity index (χ3n) is 14.3. The van der Waals surface area contributed by atoms with Crippen molar-refractivity contribution in [3.63, 3.8) is 0 Å². The SMILES string of the molecule is C.C.CCO[C@H]1CC[C@@]2(O)C3Cc4ccc(CO)c5c4[C@@]2(CCN3C)[C@H]1O5.CN1CC[C@]23c4c5ccc(CO)c4O[C@H]2[C@@H](O)CC[C@@]3(O)C1C5. The van der Waals surface area contributed by atoms with Gasteiger partial charge in [0.2, 0.25) is 0 Å². The number of benzene rings is 2. The van der Waals surface area contributed by atoms with E-state index in [9.17, 15) is 25.5 Å². The van der Waals surface area contributed by atoms with Crippen LogP contribution in [0.25, 0.3) is 0 Å². The van der Waals surface area contributed by atoms with Crippen LogP contribution in [0.1, 0.15) is 93.7 Å². The molecule has 0 amide bonds. The average molecular weight is 695 g/mol. The van der Waals surface area contributed by atoms with Crippen molar-refractivity contribution in [3.8, 4) is 11.5 Å². The van der Waals surface area contributed by atoms with Gasteiger partial charge in [-0.25, -0.2) is 0 Å². The molecule has 10 atom stereocenters. The molecule has 4 bridgehead atoms. The lowest BCUT2D eigenvalue weighted by atomic mass is 9.48. The Bertz CT molecular complexity index is 1650. The second-order valence-electron chi connectivity index (χ2n) is 15.9.